The molecular formula is C16H30NO5Si-. The summed E-state index contributed by atoms with van der Waals surface area (Å²) < 4.78 is 12.6. The van der Waals surface area contributed by atoms with Crippen molar-refractivity contribution in [1.82, 2.24) is 4.57 Å². The number of β-lactam (4-membered cyclic amide) rings is 1. The van der Waals surface area contributed by atoms with Crippen molar-refractivity contribution in [2.75, 3.05) is 14.2 Å². The van der Waals surface area contributed by atoms with E-state index in [0.717, 1.165) is 0 Å². The molecule has 3 unspecified atom stereocenters. The van der Waals surface area contributed by atoms with Gasteiger partial charge in [0.1, 0.15) is 5.92 Å². The van der Waals surface area contributed by atoms with Crippen LogP contribution in [0.1, 0.15) is 34.6 Å². The summed E-state index contributed by atoms with van der Waals surface area (Å²) in [4.78, 5) is 24.4. The van der Waals surface area contributed by atoms with Crippen molar-refractivity contribution in [3.63, 3.8) is 0 Å². The van der Waals surface area contributed by atoms with Crippen LogP contribution >= 0.6 is 0 Å². The third-order valence-corrected chi connectivity index (χ3v) is 11.2. The zero-order valence-corrected chi connectivity index (χ0v) is 16.7. The van der Waals surface area contributed by atoms with Crippen LogP contribution in [0.2, 0.25) is 18.1 Å². The van der Waals surface area contributed by atoms with E-state index in [1.165, 1.54) is 14.2 Å². The van der Waals surface area contributed by atoms with Gasteiger partial charge in [-0.15, -0.1) is 0 Å². The number of carboxylic acids is 1. The number of hydrogen-bond acceptors (Lipinski definition) is 5. The molecule has 0 aromatic rings. The Morgan fingerprint density at radius 3 is 1.96 bits per heavy atom. The fourth-order valence-electron chi connectivity index (χ4n) is 3.04. The molecule has 0 radical (unpaired) electrons. The Bertz CT molecular complexity index is 481. The van der Waals surface area contributed by atoms with Gasteiger partial charge in [-0.2, -0.15) is 0 Å². The van der Waals surface area contributed by atoms with E-state index in [9.17, 15) is 14.7 Å². The number of methoxy groups -OCH3 is 2. The van der Waals surface area contributed by atoms with Crippen LogP contribution in [0.25, 0.3) is 0 Å². The smallest absolute Gasteiger partial charge is 0.225 e. The van der Waals surface area contributed by atoms with E-state index in [1.807, 2.05) is 0 Å². The highest BCUT2D eigenvalue weighted by atomic mass is 28.3. The van der Waals surface area contributed by atoms with Gasteiger partial charge in [0.2, 0.25) is 5.91 Å². The van der Waals surface area contributed by atoms with Gasteiger partial charge < -0.3 is 23.9 Å². The van der Waals surface area contributed by atoms with Crippen LogP contribution in [-0.4, -0.2) is 50.7 Å². The van der Waals surface area contributed by atoms with Crippen molar-refractivity contribution in [3.8, 4) is 0 Å². The summed E-state index contributed by atoms with van der Waals surface area (Å²) in [5, 5.41) is 11.4. The first-order valence-electron chi connectivity index (χ1n) is 7.90. The third kappa shape index (κ3) is 3.06. The number of ether oxygens (including phenoxy) is 2. The molecule has 1 aliphatic rings. The lowest BCUT2D eigenvalue weighted by Crippen LogP contribution is -2.79. The molecule has 1 fully saturated rings. The van der Waals surface area contributed by atoms with Gasteiger partial charge in [0.05, 0.1) is 0 Å². The number of amides is 1. The van der Waals surface area contributed by atoms with Gasteiger partial charge in [-0.1, -0.05) is 40.8 Å². The molecule has 0 bridgehead atoms. The lowest BCUT2D eigenvalue weighted by molar-refractivity contribution is -0.316. The Balaban J connectivity index is 3.35. The van der Waals surface area contributed by atoms with Gasteiger partial charge in [0.15, 0.2) is 14.0 Å². The minimum absolute atomic E-state index is 0.0892. The molecular weight excluding hydrogens is 314 g/mol. The summed E-state index contributed by atoms with van der Waals surface area (Å²) >= 11 is 0. The molecule has 0 aliphatic carbocycles. The molecule has 0 spiro atoms. The predicted octanol–water partition coefficient (Wildman–Crippen LogP) is 1.21. The van der Waals surface area contributed by atoms with Crippen LogP contribution in [0, 0.1) is 11.8 Å². The topological polar surface area (TPSA) is 78.9 Å². The van der Waals surface area contributed by atoms with Crippen LogP contribution < -0.4 is 5.11 Å². The zero-order chi connectivity index (χ0) is 18.4. The maximum Gasteiger partial charge on any atom is 0.225 e. The number of aliphatic carboxylic acids is 1. The monoisotopic (exact) mass is 344 g/mol. The van der Waals surface area contributed by atoms with E-state index in [2.05, 4.69) is 33.9 Å². The number of carbonyl (C=O) groups is 2. The minimum atomic E-state index is -2.22. The zero-order valence-electron chi connectivity index (χ0n) is 15.7. The maximum absolute atomic E-state index is 12.9. The van der Waals surface area contributed by atoms with Crippen LogP contribution in [0.5, 0.6) is 0 Å². The fourth-order valence-corrected chi connectivity index (χ4v) is 5.57. The van der Waals surface area contributed by atoms with Crippen molar-refractivity contribution < 1.29 is 24.2 Å². The Morgan fingerprint density at radius 2 is 1.65 bits per heavy atom. The van der Waals surface area contributed by atoms with Gasteiger partial charge in [-0.05, 0) is 12.0 Å². The van der Waals surface area contributed by atoms with Crippen molar-refractivity contribution >= 4 is 20.1 Å². The molecule has 0 N–H and O–H groups in total. The molecule has 0 aromatic heterocycles. The van der Waals surface area contributed by atoms with Crippen molar-refractivity contribution in [2.45, 2.75) is 64.6 Å². The van der Waals surface area contributed by atoms with Crippen LogP contribution in [0.15, 0.2) is 0 Å². The number of nitrogens with zero attached hydrogens (tertiary/aromatic N) is 1. The van der Waals surface area contributed by atoms with Gasteiger partial charge in [0, 0.05) is 32.1 Å². The molecule has 1 heterocycles. The van der Waals surface area contributed by atoms with Gasteiger partial charge >= 0.3 is 0 Å². The fraction of sp³-hybridized carbons (Fsp3) is 0.875. The molecule has 0 aromatic carbocycles. The highest BCUT2D eigenvalue weighted by molar-refractivity contribution is 6.80. The van der Waals surface area contributed by atoms with Gasteiger partial charge in [0.25, 0.3) is 0 Å². The van der Waals surface area contributed by atoms with E-state index in [0.29, 0.717) is 0 Å². The lowest BCUT2D eigenvalue weighted by Gasteiger charge is -2.62. The maximum atomic E-state index is 12.9. The summed E-state index contributed by atoms with van der Waals surface area (Å²) in [5.74, 6) is -3.85. The van der Waals surface area contributed by atoms with E-state index >= 15 is 0 Å². The quantitative estimate of drug-likeness (QED) is 0.411. The first-order valence-corrected chi connectivity index (χ1v) is 10.8. The summed E-state index contributed by atoms with van der Waals surface area (Å²) in [6, 6.07) is -0.488. The number of hydrogen-bond donors (Lipinski definition) is 0. The second-order valence-electron chi connectivity index (χ2n) is 8.02. The molecule has 1 amide bonds. The summed E-state index contributed by atoms with van der Waals surface area (Å²) in [6.45, 7) is 13.7. The Kier molecular flexibility index (Phi) is 5.41. The molecule has 7 heteroatoms. The predicted molar refractivity (Wildman–Crippen MR) is 87.9 cm³/mol. The standard InChI is InChI=1S/C16H31NO5Si/c1-10(14(19)20)12-11(16(5,21-6)22-7)13(18)17(12)23(8,9)15(2,3)4/h10-12H,1-9H3,(H,19,20)/p-1. The normalized spacial score (nSPS) is 24.4. The molecule has 1 rings (SSSR count). The van der Waals surface area contributed by atoms with Crippen LogP contribution in [0.3, 0.4) is 0 Å². The first kappa shape index (κ1) is 20.1. The second kappa shape index (κ2) is 6.18. The highest BCUT2D eigenvalue weighted by Crippen LogP contribution is 2.49. The third-order valence-electron chi connectivity index (χ3n) is 5.84. The Hall–Kier alpha value is -0.923. The molecule has 0 saturated carbocycles. The SMILES string of the molecule is COC(C)(OC)C1C(=O)N([Si](C)(C)C(C)(C)C)C1C(C)C(=O)[O-]. The molecule has 1 saturated heterocycles. The van der Waals surface area contributed by atoms with Crippen LogP contribution in [-0.2, 0) is 19.1 Å². The number of carboxylic acid groups (broad SMARTS) is 1. The largest absolute Gasteiger partial charge is 0.550 e. The summed E-state index contributed by atoms with van der Waals surface area (Å²) in [6.07, 6.45) is 0. The lowest BCUT2D eigenvalue weighted by atomic mass is 9.76. The number of rotatable bonds is 6. The van der Waals surface area contributed by atoms with E-state index in [1.54, 1.807) is 18.4 Å². The van der Waals surface area contributed by atoms with E-state index in [4.69, 9.17) is 9.47 Å². The van der Waals surface area contributed by atoms with E-state index in [-0.39, 0.29) is 10.9 Å². The Morgan fingerprint density at radius 1 is 1.22 bits per heavy atom. The van der Waals surface area contributed by atoms with Crippen LogP contribution in [0.4, 0.5) is 0 Å². The molecule has 1 aliphatic heterocycles. The van der Waals surface area contributed by atoms with Crippen molar-refractivity contribution in [2.24, 2.45) is 11.8 Å². The van der Waals surface area contributed by atoms with Gasteiger partial charge in [-0.3, -0.25) is 4.79 Å². The van der Waals surface area contributed by atoms with Crippen molar-refractivity contribution in [1.29, 1.82) is 0 Å². The van der Waals surface area contributed by atoms with Gasteiger partial charge in [-0.25, -0.2) is 0 Å². The minimum Gasteiger partial charge on any atom is -0.550 e. The molecule has 134 valence electrons. The average molecular weight is 345 g/mol. The Labute approximate surface area is 140 Å². The van der Waals surface area contributed by atoms with E-state index < -0.39 is 37.9 Å². The second-order valence-corrected chi connectivity index (χ2v) is 13.1. The number of carbonyl (C=O) groups excluding carboxylic acids is 2. The average Bonchev–Trinajstić information content (AvgIpc) is 2.41. The first-order chi connectivity index (χ1) is 10.3. The molecule has 23 heavy (non-hydrogen) atoms. The van der Waals surface area contributed by atoms with Crippen molar-refractivity contribution in [3.05, 3.63) is 0 Å². The highest BCUT2D eigenvalue weighted by Gasteiger charge is 2.64. The molecule has 6 nitrogen and oxygen atoms in total. The summed E-state index contributed by atoms with van der Waals surface area (Å²) in [7, 11) is 0.709. The molecule has 3 atom stereocenters. The summed E-state index contributed by atoms with van der Waals surface area (Å²) in [5.41, 5.74) is 0.